The Bertz CT molecular complexity index is 1090. The van der Waals surface area contributed by atoms with Gasteiger partial charge in [0.2, 0.25) is 0 Å². The Hall–Kier alpha value is -3.94. The highest BCUT2D eigenvalue weighted by Crippen LogP contribution is 2.30. The second-order valence-corrected chi connectivity index (χ2v) is 8.34. The maximum atomic E-state index is 13.3. The smallest absolute Gasteiger partial charge is 0.253 e. The molecule has 0 spiro atoms. The van der Waals surface area contributed by atoms with Gasteiger partial charge in [-0.3, -0.25) is 9.59 Å². The minimum Gasteiger partial charge on any atom is -0.493 e. The maximum absolute atomic E-state index is 13.3. The summed E-state index contributed by atoms with van der Waals surface area (Å²) in [6.07, 6.45) is -0.0988. The summed E-state index contributed by atoms with van der Waals surface area (Å²) in [4.78, 5) is 25.7. The number of nitrogens with one attached hydrogen (secondary N) is 2. The largest absolute Gasteiger partial charge is 0.493 e. The first-order valence-corrected chi connectivity index (χ1v) is 11.2. The molecule has 0 fully saturated rings. The number of rotatable bonds is 10. The van der Waals surface area contributed by atoms with Gasteiger partial charge >= 0.3 is 0 Å². The van der Waals surface area contributed by atoms with E-state index in [2.05, 4.69) is 24.5 Å². The predicted octanol–water partition coefficient (Wildman–Crippen LogP) is 5.26. The lowest BCUT2D eigenvalue weighted by Gasteiger charge is -2.22. The molecule has 0 heterocycles. The monoisotopic (exact) mass is 482 g/mol. The van der Waals surface area contributed by atoms with E-state index in [-0.39, 0.29) is 11.1 Å². The molecule has 3 aromatic rings. The zero-order valence-corrected chi connectivity index (χ0v) is 19.8. The fourth-order valence-corrected chi connectivity index (χ4v) is 3.22. The molecule has 35 heavy (non-hydrogen) atoms. The van der Waals surface area contributed by atoms with Gasteiger partial charge in [0.05, 0.1) is 13.7 Å². The third-order valence-corrected chi connectivity index (χ3v) is 5.24. The van der Waals surface area contributed by atoms with Crippen LogP contribution in [0.1, 0.15) is 52.7 Å². The van der Waals surface area contributed by atoms with E-state index >= 15 is 0 Å². The van der Waals surface area contributed by atoms with E-state index in [0.717, 1.165) is 6.42 Å². The zero-order valence-electron chi connectivity index (χ0n) is 19.8. The lowest BCUT2D eigenvalue weighted by atomic mass is 10.1. The van der Waals surface area contributed by atoms with Gasteiger partial charge in [-0.15, -0.1) is 0 Å². The van der Waals surface area contributed by atoms with Crippen molar-refractivity contribution in [2.24, 2.45) is 5.92 Å². The number of hydrogen-bond acceptors (Lipinski definition) is 4. The van der Waals surface area contributed by atoms with Gasteiger partial charge in [0.25, 0.3) is 11.8 Å². The summed E-state index contributed by atoms with van der Waals surface area (Å²) in [5.74, 6) is -0.543. The summed E-state index contributed by atoms with van der Waals surface area (Å²) < 4.78 is 37.8. The van der Waals surface area contributed by atoms with Crippen molar-refractivity contribution in [3.8, 4) is 11.5 Å². The van der Waals surface area contributed by atoms with Gasteiger partial charge in [-0.2, -0.15) is 0 Å². The molecule has 3 rings (SSSR count). The quantitative estimate of drug-likeness (QED) is 0.387. The highest BCUT2D eigenvalue weighted by Gasteiger charge is 2.21. The maximum Gasteiger partial charge on any atom is 0.253 e. The molecule has 0 radical (unpaired) electrons. The average molecular weight is 483 g/mol. The van der Waals surface area contributed by atoms with Crippen molar-refractivity contribution < 1.29 is 27.8 Å². The van der Waals surface area contributed by atoms with Gasteiger partial charge in [-0.25, -0.2) is 8.78 Å². The van der Waals surface area contributed by atoms with Crippen LogP contribution in [-0.4, -0.2) is 25.5 Å². The normalized spacial score (nSPS) is 10.8. The van der Waals surface area contributed by atoms with E-state index in [1.807, 2.05) is 0 Å². The van der Waals surface area contributed by atoms with Crippen molar-refractivity contribution in [2.45, 2.75) is 26.4 Å². The van der Waals surface area contributed by atoms with Gasteiger partial charge in [0.15, 0.2) is 11.5 Å². The van der Waals surface area contributed by atoms with Crippen molar-refractivity contribution >= 4 is 11.8 Å². The highest BCUT2D eigenvalue weighted by molar-refractivity contribution is 5.96. The SMILES string of the molecule is COc1cc(C(NC(=O)c2ccc(F)cc2)NC(=O)c2ccc(F)cc2)ccc1OCCC(C)C. The van der Waals surface area contributed by atoms with Crippen molar-refractivity contribution in [3.63, 3.8) is 0 Å². The second-order valence-electron chi connectivity index (χ2n) is 8.34. The fourth-order valence-electron chi connectivity index (χ4n) is 3.22. The summed E-state index contributed by atoms with van der Waals surface area (Å²) in [5, 5.41) is 5.49. The molecule has 0 aromatic heterocycles. The Morgan fingerprint density at radius 2 is 1.31 bits per heavy atom. The van der Waals surface area contributed by atoms with Gasteiger partial charge < -0.3 is 20.1 Å². The van der Waals surface area contributed by atoms with Crippen molar-refractivity contribution in [2.75, 3.05) is 13.7 Å². The molecule has 6 nitrogen and oxygen atoms in total. The summed E-state index contributed by atoms with van der Waals surface area (Å²) >= 11 is 0. The van der Waals surface area contributed by atoms with E-state index in [1.165, 1.54) is 55.6 Å². The Balaban J connectivity index is 1.87. The van der Waals surface area contributed by atoms with Crippen LogP contribution in [0, 0.1) is 17.6 Å². The van der Waals surface area contributed by atoms with Crippen LogP contribution in [0.25, 0.3) is 0 Å². The molecule has 2 amide bonds. The highest BCUT2D eigenvalue weighted by atomic mass is 19.1. The summed E-state index contributed by atoms with van der Waals surface area (Å²) in [7, 11) is 1.50. The Labute approximate surface area is 203 Å². The van der Waals surface area contributed by atoms with Crippen LogP contribution in [0.5, 0.6) is 11.5 Å². The molecule has 3 aromatic carbocycles. The lowest BCUT2D eigenvalue weighted by Crippen LogP contribution is -2.41. The molecule has 2 N–H and O–H groups in total. The average Bonchev–Trinajstić information content (AvgIpc) is 2.84. The van der Waals surface area contributed by atoms with Gasteiger partial charge in [-0.1, -0.05) is 19.9 Å². The first kappa shape index (κ1) is 25.7. The fraction of sp³-hybridized carbons (Fsp3) is 0.259. The molecule has 0 atom stereocenters. The molecule has 184 valence electrons. The Morgan fingerprint density at radius 1 is 0.800 bits per heavy atom. The molecular weight excluding hydrogens is 454 g/mol. The van der Waals surface area contributed by atoms with Crippen LogP contribution in [0.3, 0.4) is 0 Å². The third kappa shape index (κ3) is 7.27. The molecular formula is C27H28F2N2O4. The number of benzene rings is 3. The van der Waals surface area contributed by atoms with E-state index < -0.39 is 29.6 Å². The minimum atomic E-state index is -0.969. The minimum absolute atomic E-state index is 0.216. The van der Waals surface area contributed by atoms with Crippen molar-refractivity contribution in [1.82, 2.24) is 10.6 Å². The molecule has 0 aliphatic carbocycles. The molecule has 0 aliphatic heterocycles. The van der Waals surface area contributed by atoms with Crippen LogP contribution in [-0.2, 0) is 0 Å². The number of carbonyl (C=O) groups excluding carboxylic acids is 2. The van der Waals surface area contributed by atoms with E-state index in [4.69, 9.17) is 9.47 Å². The number of methoxy groups -OCH3 is 1. The van der Waals surface area contributed by atoms with E-state index in [0.29, 0.717) is 29.6 Å². The van der Waals surface area contributed by atoms with Crippen LogP contribution < -0.4 is 20.1 Å². The van der Waals surface area contributed by atoms with Crippen LogP contribution in [0.15, 0.2) is 66.7 Å². The van der Waals surface area contributed by atoms with Gasteiger partial charge in [0, 0.05) is 11.1 Å². The van der Waals surface area contributed by atoms with Crippen LogP contribution >= 0.6 is 0 Å². The molecule has 0 bridgehead atoms. The molecule has 0 aliphatic rings. The summed E-state index contributed by atoms with van der Waals surface area (Å²) in [6.45, 7) is 4.71. The van der Waals surface area contributed by atoms with Gasteiger partial charge in [0.1, 0.15) is 17.8 Å². The standard InChI is InChI=1S/C27H28F2N2O4/c1-17(2)14-15-35-23-13-8-20(16-24(23)34-3)25(30-26(32)18-4-9-21(28)10-5-18)31-27(33)19-6-11-22(29)12-7-19/h4-13,16-17,25H,14-15H2,1-3H3,(H,30,32)(H,31,33). The van der Waals surface area contributed by atoms with Crippen LogP contribution in [0.4, 0.5) is 8.78 Å². The topological polar surface area (TPSA) is 76.7 Å². The summed E-state index contributed by atoms with van der Waals surface area (Å²) in [5.41, 5.74) is 0.949. The zero-order chi connectivity index (χ0) is 25.4. The number of halogens is 2. The molecule has 0 saturated carbocycles. The number of hydrogen-bond donors (Lipinski definition) is 2. The Kier molecular flexibility index (Phi) is 8.78. The van der Waals surface area contributed by atoms with E-state index in [9.17, 15) is 18.4 Å². The predicted molar refractivity (Wildman–Crippen MR) is 128 cm³/mol. The van der Waals surface area contributed by atoms with Crippen molar-refractivity contribution in [3.05, 3.63) is 95.1 Å². The second kappa shape index (κ2) is 12.0. The van der Waals surface area contributed by atoms with Crippen molar-refractivity contribution in [1.29, 1.82) is 0 Å². The lowest BCUT2D eigenvalue weighted by molar-refractivity contribution is 0.0883. The number of ether oxygens (including phenoxy) is 2. The third-order valence-electron chi connectivity index (χ3n) is 5.24. The molecule has 8 heteroatoms. The molecule has 0 saturated heterocycles. The van der Waals surface area contributed by atoms with E-state index in [1.54, 1.807) is 18.2 Å². The van der Waals surface area contributed by atoms with Crippen LogP contribution in [0.2, 0.25) is 0 Å². The number of carbonyl (C=O) groups is 2. The van der Waals surface area contributed by atoms with Gasteiger partial charge in [-0.05, 0) is 78.6 Å². The first-order chi connectivity index (χ1) is 16.8. The summed E-state index contributed by atoms with van der Waals surface area (Å²) in [6, 6.07) is 15.1. The molecule has 0 unspecified atom stereocenters. The first-order valence-electron chi connectivity index (χ1n) is 11.2. The Morgan fingerprint density at radius 3 is 1.77 bits per heavy atom. The number of amides is 2.